The molecule has 0 saturated carbocycles. The third-order valence-electron chi connectivity index (χ3n) is 7.15. The highest BCUT2D eigenvalue weighted by atomic mass is 32.2. The number of thioether (sulfide) groups is 1. The predicted octanol–water partition coefficient (Wildman–Crippen LogP) is 7.90. The fourth-order valence-corrected chi connectivity index (χ4v) is 7.10. The number of fused-ring (bicyclic) bond motifs is 1. The lowest BCUT2D eigenvalue weighted by Gasteiger charge is -2.13. The third kappa shape index (κ3) is 5.19. The SMILES string of the molecule is CCOc1ccc(-n2c(C)cc(C(=O)CSc3nc4scc(-c5ccccc5)c4c(=O)n3-c3ccccc3)c2C)cc1. The number of thiophene rings is 1. The van der Waals surface area contributed by atoms with Crippen molar-refractivity contribution in [2.45, 2.75) is 25.9 Å². The fraction of sp³-hybridized carbons (Fsp3) is 0.147. The van der Waals surface area contributed by atoms with Gasteiger partial charge in [-0.3, -0.25) is 14.2 Å². The largest absolute Gasteiger partial charge is 0.494 e. The maximum absolute atomic E-state index is 14.1. The van der Waals surface area contributed by atoms with Gasteiger partial charge in [0.05, 0.1) is 23.4 Å². The van der Waals surface area contributed by atoms with Crippen LogP contribution in [-0.4, -0.2) is 32.3 Å². The van der Waals surface area contributed by atoms with Gasteiger partial charge < -0.3 is 9.30 Å². The minimum atomic E-state index is -0.144. The van der Waals surface area contributed by atoms with Crippen LogP contribution in [0.4, 0.5) is 0 Å². The number of Topliss-reactive ketones (excluding diaryl/α,β-unsaturated/α-hetero) is 1. The van der Waals surface area contributed by atoms with Crippen molar-refractivity contribution in [3.8, 4) is 28.3 Å². The Hall–Kier alpha value is -4.40. The molecule has 6 rings (SSSR count). The lowest BCUT2D eigenvalue weighted by atomic mass is 10.1. The minimum absolute atomic E-state index is 0.0181. The second-order valence-electron chi connectivity index (χ2n) is 9.83. The van der Waals surface area contributed by atoms with E-state index in [-0.39, 0.29) is 17.1 Å². The predicted molar refractivity (Wildman–Crippen MR) is 172 cm³/mol. The highest BCUT2D eigenvalue weighted by molar-refractivity contribution is 7.99. The Kier molecular flexibility index (Phi) is 7.82. The van der Waals surface area contributed by atoms with Gasteiger partial charge in [-0.15, -0.1) is 11.3 Å². The Labute approximate surface area is 252 Å². The average molecular weight is 592 g/mol. The first-order valence-corrected chi connectivity index (χ1v) is 15.6. The van der Waals surface area contributed by atoms with Gasteiger partial charge in [-0.25, -0.2) is 4.98 Å². The van der Waals surface area contributed by atoms with Gasteiger partial charge in [-0.1, -0.05) is 60.3 Å². The number of carbonyl (C=O) groups is 1. The second kappa shape index (κ2) is 11.8. The van der Waals surface area contributed by atoms with Gasteiger partial charge in [0.15, 0.2) is 10.9 Å². The lowest BCUT2D eigenvalue weighted by Crippen LogP contribution is -2.22. The van der Waals surface area contributed by atoms with E-state index < -0.39 is 0 Å². The number of aryl methyl sites for hydroxylation is 1. The highest BCUT2D eigenvalue weighted by Gasteiger charge is 2.21. The molecule has 0 aliphatic rings. The van der Waals surface area contributed by atoms with Gasteiger partial charge in [0.1, 0.15) is 10.6 Å². The number of ether oxygens (including phenoxy) is 1. The van der Waals surface area contributed by atoms with Crippen LogP contribution in [0.2, 0.25) is 0 Å². The van der Waals surface area contributed by atoms with Crippen LogP contribution in [0.15, 0.2) is 106 Å². The summed E-state index contributed by atoms with van der Waals surface area (Å²) in [6, 6.07) is 29.2. The number of ketones is 1. The average Bonchev–Trinajstić information content (AvgIpc) is 3.58. The first kappa shape index (κ1) is 27.8. The highest BCUT2D eigenvalue weighted by Crippen LogP contribution is 2.33. The quantitative estimate of drug-likeness (QED) is 0.0972. The number of benzene rings is 3. The van der Waals surface area contributed by atoms with E-state index in [2.05, 4.69) is 4.57 Å². The number of carbonyl (C=O) groups excluding carboxylic acids is 1. The Bertz CT molecular complexity index is 1940. The molecule has 0 amide bonds. The Morgan fingerprint density at radius 3 is 2.26 bits per heavy atom. The molecule has 210 valence electrons. The molecule has 3 heterocycles. The Balaban J connectivity index is 1.34. The van der Waals surface area contributed by atoms with E-state index in [9.17, 15) is 9.59 Å². The molecule has 6 nitrogen and oxygen atoms in total. The minimum Gasteiger partial charge on any atom is -0.494 e. The summed E-state index contributed by atoms with van der Waals surface area (Å²) in [5, 5.41) is 3.07. The van der Waals surface area contributed by atoms with Gasteiger partial charge in [0.25, 0.3) is 5.56 Å². The molecule has 0 aliphatic heterocycles. The second-order valence-corrected chi connectivity index (χ2v) is 11.6. The molecule has 3 aromatic carbocycles. The zero-order valence-electron chi connectivity index (χ0n) is 23.5. The standard InChI is InChI=1S/C34H29N3O3S2/c1-4-40-27-17-15-26(16-18-27)36-22(2)19-28(23(36)3)30(38)21-42-34-35-32-31(29(20-41-32)24-11-7-5-8-12-24)33(39)37(34)25-13-9-6-10-14-25/h5-20H,4,21H2,1-3H3. The van der Waals surface area contributed by atoms with Crippen LogP contribution in [0.3, 0.4) is 0 Å². The van der Waals surface area contributed by atoms with Gasteiger partial charge in [-0.2, -0.15) is 0 Å². The summed E-state index contributed by atoms with van der Waals surface area (Å²) >= 11 is 2.74. The molecule has 0 radical (unpaired) electrons. The number of hydrogen-bond donors (Lipinski definition) is 0. The summed E-state index contributed by atoms with van der Waals surface area (Å²) in [5.74, 6) is 0.942. The van der Waals surface area contributed by atoms with E-state index in [1.54, 1.807) is 4.57 Å². The van der Waals surface area contributed by atoms with Crippen LogP contribution in [0.1, 0.15) is 28.7 Å². The molecule has 3 aromatic heterocycles. The summed E-state index contributed by atoms with van der Waals surface area (Å²) in [4.78, 5) is 33.2. The van der Waals surface area contributed by atoms with E-state index in [1.165, 1.54) is 23.1 Å². The molecule has 6 aromatic rings. The first-order valence-electron chi connectivity index (χ1n) is 13.7. The molecule has 8 heteroatoms. The number of aromatic nitrogens is 3. The Morgan fingerprint density at radius 1 is 0.905 bits per heavy atom. The molecule has 0 aliphatic carbocycles. The van der Waals surface area contributed by atoms with Crippen molar-refractivity contribution in [3.63, 3.8) is 0 Å². The van der Waals surface area contributed by atoms with E-state index >= 15 is 0 Å². The first-order chi connectivity index (χ1) is 20.5. The van der Waals surface area contributed by atoms with Crippen molar-refractivity contribution in [3.05, 3.63) is 124 Å². The topological polar surface area (TPSA) is 66.1 Å². The number of rotatable bonds is 9. The van der Waals surface area contributed by atoms with E-state index in [0.717, 1.165) is 34.0 Å². The molecule has 0 saturated heterocycles. The fourth-order valence-electron chi connectivity index (χ4n) is 5.21. The van der Waals surface area contributed by atoms with Crippen molar-refractivity contribution in [2.24, 2.45) is 0 Å². The molecular formula is C34H29N3O3S2. The molecule has 0 atom stereocenters. The zero-order valence-corrected chi connectivity index (χ0v) is 25.2. The van der Waals surface area contributed by atoms with Crippen LogP contribution in [0.25, 0.3) is 32.7 Å². The molecule has 42 heavy (non-hydrogen) atoms. The van der Waals surface area contributed by atoms with Crippen molar-refractivity contribution in [2.75, 3.05) is 12.4 Å². The monoisotopic (exact) mass is 591 g/mol. The van der Waals surface area contributed by atoms with Gasteiger partial charge >= 0.3 is 0 Å². The van der Waals surface area contributed by atoms with Crippen LogP contribution < -0.4 is 10.3 Å². The summed E-state index contributed by atoms with van der Waals surface area (Å²) in [6.07, 6.45) is 0. The maximum atomic E-state index is 14.1. The van der Waals surface area contributed by atoms with Crippen molar-refractivity contribution >= 4 is 39.1 Å². The maximum Gasteiger partial charge on any atom is 0.268 e. The van der Waals surface area contributed by atoms with Gasteiger partial charge in [0, 0.05) is 33.6 Å². The summed E-state index contributed by atoms with van der Waals surface area (Å²) in [7, 11) is 0. The molecule has 0 bridgehead atoms. The number of nitrogens with zero attached hydrogens (tertiary/aromatic N) is 3. The van der Waals surface area contributed by atoms with Crippen molar-refractivity contribution in [1.82, 2.24) is 14.1 Å². The summed E-state index contributed by atoms with van der Waals surface area (Å²) < 4.78 is 9.29. The summed E-state index contributed by atoms with van der Waals surface area (Å²) in [5.41, 5.74) is 5.88. The Morgan fingerprint density at radius 2 is 1.57 bits per heavy atom. The normalized spacial score (nSPS) is 11.2. The number of hydrogen-bond acceptors (Lipinski definition) is 6. The molecular weight excluding hydrogens is 563 g/mol. The summed E-state index contributed by atoms with van der Waals surface area (Å²) in [6.45, 7) is 6.52. The van der Waals surface area contributed by atoms with Gasteiger partial charge in [-0.05, 0) is 68.8 Å². The van der Waals surface area contributed by atoms with E-state index in [4.69, 9.17) is 9.72 Å². The van der Waals surface area contributed by atoms with Crippen molar-refractivity contribution < 1.29 is 9.53 Å². The molecule has 0 N–H and O–H groups in total. The molecule has 0 unspecified atom stereocenters. The van der Waals surface area contributed by atoms with Crippen LogP contribution >= 0.6 is 23.1 Å². The van der Waals surface area contributed by atoms with Crippen LogP contribution in [0, 0.1) is 13.8 Å². The van der Waals surface area contributed by atoms with Gasteiger partial charge in [0.2, 0.25) is 0 Å². The van der Waals surface area contributed by atoms with Crippen molar-refractivity contribution in [1.29, 1.82) is 0 Å². The smallest absolute Gasteiger partial charge is 0.268 e. The van der Waals surface area contributed by atoms with E-state index in [1.807, 2.05) is 117 Å². The zero-order chi connectivity index (χ0) is 29.2. The number of para-hydroxylation sites is 1. The third-order valence-corrected chi connectivity index (χ3v) is 8.96. The molecule has 0 spiro atoms. The van der Waals surface area contributed by atoms with Crippen LogP contribution in [-0.2, 0) is 0 Å². The molecule has 0 fully saturated rings. The lowest BCUT2D eigenvalue weighted by molar-refractivity contribution is 0.102. The van der Waals surface area contributed by atoms with E-state index in [0.29, 0.717) is 33.2 Å². The van der Waals surface area contributed by atoms with Crippen LogP contribution in [0.5, 0.6) is 5.75 Å².